The summed E-state index contributed by atoms with van der Waals surface area (Å²) in [6.45, 7) is 1.70. The van der Waals surface area contributed by atoms with E-state index in [0.717, 1.165) is 0 Å². The first kappa shape index (κ1) is 17.1. The average Bonchev–Trinajstić information content (AvgIpc) is 2.14. The summed E-state index contributed by atoms with van der Waals surface area (Å²) in [6, 6.07) is 0. The standard InChI is InChI=1S/C8H12F4O5S/c1-5(2)6(13)17-4-3-7(9,10)8(11,12)18(14,15)16/h5H,3-4H2,1-2H3,(H,14,15,16). The molecule has 0 aromatic heterocycles. The van der Waals surface area contributed by atoms with E-state index in [9.17, 15) is 30.8 Å². The molecule has 5 nitrogen and oxygen atoms in total. The number of alkyl halides is 4. The second-order valence-electron chi connectivity index (χ2n) is 3.77. The Morgan fingerprint density at radius 1 is 1.28 bits per heavy atom. The minimum absolute atomic E-state index is 0.638. The van der Waals surface area contributed by atoms with Gasteiger partial charge in [0.05, 0.1) is 18.9 Å². The molecule has 0 amide bonds. The highest BCUT2D eigenvalue weighted by molar-refractivity contribution is 7.87. The van der Waals surface area contributed by atoms with Gasteiger partial charge in [-0.05, 0) is 0 Å². The molecule has 0 saturated heterocycles. The van der Waals surface area contributed by atoms with Crippen molar-refractivity contribution in [3.63, 3.8) is 0 Å². The Morgan fingerprint density at radius 2 is 1.72 bits per heavy atom. The largest absolute Gasteiger partial charge is 0.465 e. The maximum absolute atomic E-state index is 12.9. The van der Waals surface area contributed by atoms with Crippen molar-refractivity contribution in [1.82, 2.24) is 0 Å². The van der Waals surface area contributed by atoms with Crippen LogP contribution in [0, 0.1) is 5.92 Å². The molecule has 0 rings (SSSR count). The SMILES string of the molecule is CC(C)C(=O)OCCC(F)(F)C(F)(F)S(=O)(=O)O. The third-order valence-corrected chi connectivity index (χ3v) is 2.83. The van der Waals surface area contributed by atoms with Crippen LogP contribution in [0.3, 0.4) is 0 Å². The van der Waals surface area contributed by atoms with Gasteiger partial charge in [0.2, 0.25) is 0 Å². The number of carbonyl (C=O) groups is 1. The predicted molar refractivity (Wildman–Crippen MR) is 51.9 cm³/mol. The third kappa shape index (κ3) is 3.80. The van der Waals surface area contributed by atoms with E-state index in [2.05, 4.69) is 4.74 Å². The molecular formula is C8H12F4O5S. The van der Waals surface area contributed by atoms with Gasteiger partial charge in [0, 0.05) is 0 Å². The summed E-state index contributed by atoms with van der Waals surface area (Å²) < 4.78 is 83.5. The maximum atomic E-state index is 12.9. The van der Waals surface area contributed by atoms with E-state index in [4.69, 9.17) is 4.55 Å². The van der Waals surface area contributed by atoms with E-state index in [1.54, 1.807) is 0 Å². The zero-order chi connectivity index (χ0) is 14.8. The highest BCUT2D eigenvalue weighted by Gasteiger charge is 2.65. The van der Waals surface area contributed by atoms with Crippen LogP contribution < -0.4 is 0 Å². The van der Waals surface area contributed by atoms with Gasteiger partial charge in [-0.25, -0.2) is 0 Å². The summed E-state index contributed by atoms with van der Waals surface area (Å²) in [5, 5.41) is -5.63. The van der Waals surface area contributed by atoms with Crippen LogP contribution in [0.2, 0.25) is 0 Å². The van der Waals surface area contributed by atoms with Crippen LogP contribution >= 0.6 is 0 Å². The Kier molecular flexibility index (Phi) is 5.12. The zero-order valence-electron chi connectivity index (χ0n) is 9.49. The number of hydrogen-bond acceptors (Lipinski definition) is 4. The van der Waals surface area contributed by atoms with Crippen LogP contribution in [-0.2, 0) is 19.6 Å². The highest BCUT2D eigenvalue weighted by atomic mass is 32.2. The minimum atomic E-state index is -6.25. The monoisotopic (exact) mass is 296 g/mol. The lowest BCUT2D eigenvalue weighted by Gasteiger charge is -2.23. The van der Waals surface area contributed by atoms with Crippen LogP contribution in [0.1, 0.15) is 20.3 Å². The van der Waals surface area contributed by atoms with Crippen molar-refractivity contribution in [2.75, 3.05) is 6.61 Å². The fourth-order valence-electron chi connectivity index (χ4n) is 0.781. The molecule has 0 fully saturated rings. The lowest BCUT2D eigenvalue weighted by atomic mass is 10.2. The van der Waals surface area contributed by atoms with Gasteiger partial charge < -0.3 is 4.74 Å². The lowest BCUT2D eigenvalue weighted by molar-refractivity contribution is -0.175. The molecule has 0 spiro atoms. The predicted octanol–water partition coefficient (Wildman–Crippen LogP) is 1.69. The number of hydrogen-bond donors (Lipinski definition) is 1. The van der Waals surface area contributed by atoms with Crippen molar-refractivity contribution >= 4 is 16.1 Å². The molecule has 0 aliphatic rings. The Morgan fingerprint density at radius 3 is 2.06 bits per heavy atom. The molecule has 0 heterocycles. The van der Waals surface area contributed by atoms with Crippen molar-refractivity contribution in [1.29, 1.82) is 0 Å². The Balaban J connectivity index is 4.64. The molecule has 0 radical (unpaired) electrons. The van der Waals surface area contributed by atoms with Gasteiger partial charge in [-0.1, -0.05) is 13.8 Å². The number of rotatable bonds is 6. The van der Waals surface area contributed by atoms with E-state index in [1.165, 1.54) is 13.8 Å². The average molecular weight is 296 g/mol. The molecule has 0 atom stereocenters. The second kappa shape index (κ2) is 5.39. The fourth-order valence-corrected chi connectivity index (χ4v) is 1.26. The van der Waals surface area contributed by atoms with Gasteiger partial charge in [0.25, 0.3) is 0 Å². The molecule has 18 heavy (non-hydrogen) atoms. The highest BCUT2D eigenvalue weighted by Crippen LogP contribution is 2.40. The van der Waals surface area contributed by atoms with E-state index in [1.807, 2.05) is 0 Å². The quantitative estimate of drug-likeness (QED) is 0.458. The summed E-state index contributed by atoms with van der Waals surface area (Å²) in [7, 11) is -6.25. The van der Waals surface area contributed by atoms with E-state index >= 15 is 0 Å². The molecule has 1 N–H and O–H groups in total. The van der Waals surface area contributed by atoms with Crippen molar-refractivity contribution in [2.24, 2.45) is 5.92 Å². The zero-order valence-corrected chi connectivity index (χ0v) is 10.3. The molecule has 108 valence electrons. The van der Waals surface area contributed by atoms with Crippen LogP contribution in [0.25, 0.3) is 0 Å². The van der Waals surface area contributed by atoms with Crippen molar-refractivity contribution < 1.29 is 40.1 Å². The molecule has 0 aliphatic carbocycles. The van der Waals surface area contributed by atoms with Gasteiger partial charge in [-0.15, -0.1) is 0 Å². The van der Waals surface area contributed by atoms with E-state index in [-0.39, 0.29) is 0 Å². The first-order valence-corrected chi connectivity index (χ1v) is 6.16. The lowest BCUT2D eigenvalue weighted by Crippen LogP contribution is -2.47. The van der Waals surface area contributed by atoms with E-state index in [0.29, 0.717) is 0 Å². The van der Waals surface area contributed by atoms with E-state index < -0.39 is 46.2 Å². The number of ether oxygens (including phenoxy) is 1. The molecule has 0 saturated carbocycles. The first-order chi connectivity index (χ1) is 7.83. The summed E-state index contributed by atoms with van der Waals surface area (Å²) >= 11 is 0. The topological polar surface area (TPSA) is 80.7 Å². The Labute approximate surface area is 101 Å². The minimum Gasteiger partial charge on any atom is -0.465 e. The number of esters is 1. The Hall–Kier alpha value is -0.900. The van der Waals surface area contributed by atoms with Gasteiger partial charge in [0.1, 0.15) is 0 Å². The van der Waals surface area contributed by atoms with Gasteiger partial charge in [-0.2, -0.15) is 26.0 Å². The molecule has 0 bridgehead atoms. The third-order valence-electron chi connectivity index (χ3n) is 1.88. The molecule has 0 unspecified atom stereocenters. The normalized spacial score (nSPS) is 13.8. The molecular weight excluding hydrogens is 284 g/mol. The summed E-state index contributed by atoms with van der Waals surface area (Å²) in [5.41, 5.74) is 0. The molecule has 10 heteroatoms. The van der Waals surface area contributed by atoms with Crippen LogP contribution in [0.5, 0.6) is 0 Å². The second-order valence-corrected chi connectivity index (χ2v) is 5.23. The van der Waals surface area contributed by atoms with Crippen LogP contribution in [0.15, 0.2) is 0 Å². The first-order valence-electron chi connectivity index (χ1n) is 4.72. The Bertz CT molecular complexity index is 404. The number of carbonyl (C=O) groups excluding carboxylic acids is 1. The summed E-state index contributed by atoms with van der Waals surface area (Å²) in [6.07, 6.45) is -1.72. The molecule has 0 aromatic carbocycles. The maximum Gasteiger partial charge on any atom is 0.431 e. The van der Waals surface area contributed by atoms with Gasteiger partial charge in [-0.3, -0.25) is 9.35 Å². The van der Waals surface area contributed by atoms with Crippen molar-refractivity contribution in [3.05, 3.63) is 0 Å². The summed E-state index contributed by atoms with van der Waals surface area (Å²) in [5.74, 6) is -6.57. The number of halogens is 4. The van der Waals surface area contributed by atoms with Gasteiger partial charge in [0.15, 0.2) is 0 Å². The van der Waals surface area contributed by atoms with Crippen LogP contribution in [0.4, 0.5) is 17.6 Å². The summed E-state index contributed by atoms with van der Waals surface area (Å²) in [4.78, 5) is 10.9. The smallest absolute Gasteiger partial charge is 0.431 e. The van der Waals surface area contributed by atoms with Crippen molar-refractivity contribution in [2.45, 2.75) is 31.4 Å². The van der Waals surface area contributed by atoms with Gasteiger partial charge >= 0.3 is 27.3 Å². The van der Waals surface area contributed by atoms with Crippen LogP contribution in [-0.4, -0.2) is 36.7 Å². The fraction of sp³-hybridized carbons (Fsp3) is 0.875. The van der Waals surface area contributed by atoms with Crippen molar-refractivity contribution in [3.8, 4) is 0 Å². The molecule has 0 aromatic rings. The molecule has 0 aliphatic heterocycles.